The van der Waals surface area contributed by atoms with Gasteiger partial charge in [0, 0.05) is 19.2 Å². The van der Waals surface area contributed by atoms with Crippen molar-refractivity contribution in [2.75, 3.05) is 0 Å². The number of aliphatic carboxylic acids is 2. The highest BCUT2D eigenvalue weighted by atomic mass is 35.5. The van der Waals surface area contributed by atoms with Gasteiger partial charge >= 0.3 is 0 Å². The Morgan fingerprint density at radius 1 is 1.00 bits per heavy atom. The van der Waals surface area contributed by atoms with Crippen LogP contribution in [-0.4, -0.2) is 32.4 Å². The second kappa shape index (κ2) is 10.9. The topological polar surface area (TPSA) is 115 Å². The lowest BCUT2D eigenvalue weighted by Crippen LogP contribution is -1.88. The highest BCUT2D eigenvalue weighted by Gasteiger charge is 2.15. The monoisotopic (exact) mass is 368 g/mol. The van der Waals surface area contributed by atoms with Gasteiger partial charge < -0.3 is 20.4 Å². The molecule has 2 rings (SSSR count). The fourth-order valence-corrected chi connectivity index (χ4v) is 2.15. The number of carboxylic acid groups (broad SMARTS) is 2. The zero-order valence-electron chi connectivity index (χ0n) is 14.2. The van der Waals surface area contributed by atoms with Crippen LogP contribution in [0, 0.1) is 0 Å². The van der Waals surface area contributed by atoms with E-state index in [4.69, 9.17) is 31.4 Å². The summed E-state index contributed by atoms with van der Waals surface area (Å²) in [7, 11) is 0. The van der Waals surface area contributed by atoms with Gasteiger partial charge in [0.2, 0.25) is 0 Å². The molecule has 136 valence electrons. The summed E-state index contributed by atoms with van der Waals surface area (Å²) in [6, 6.07) is 7.35. The second-order valence-corrected chi connectivity index (χ2v) is 5.22. The van der Waals surface area contributed by atoms with Crippen molar-refractivity contribution in [1.29, 1.82) is 0 Å². The third-order valence-electron chi connectivity index (χ3n) is 2.76. The summed E-state index contributed by atoms with van der Waals surface area (Å²) >= 11 is 6.07. The number of aromatic hydroxyl groups is 2. The molecule has 4 N–H and O–H groups in total. The van der Waals surface area contributed by atoms with E-state index in [0.29, 0.717) is 11.8 Å². The molecule has 7 heteroatoms. The number of halogens is 1. The third kappa shape index (κ3) is 7.58. The normalized spacial score (nSPS) is 9.76. The highest BCUT2D eigenvalue weighted by Crippen LogP contribution is 2.43. The molecule has 0 aromatic heterocycles. The van der Waals surface area contributed by atoms with E-state index in [1.807, 2.05) is 37.3 Å². The molecule has 0 aliphatic rings. The SMILES string of the molecule is CC(=O)O.CC(=O)O.CC=CCc1c(Cl)c(O)c(O)c2ccccc12. The molecule has 0 amide bonds. The van der Waals surface area contributed by atoms with E-state index in [0.717, 1.165) is 24.8 Å². The maximum atomic E-state index is 9.84. The minimum absolute atomic E-state index is 0.158. The van der Waals surface area contributed by atoms with Crippen molar-refractivity contribution in [2.45, 2.75) is 27.2 Å². The van der Waals surface area contributed by atoms with Crippen molar-refractivity contribution in [1.82, 2.24) is 0 Å². The predicted octanol–water partition coefficient (Wildman–Crippen LogP) is 4.20. The molecule has 2 aromatic rings. The van der Waals surface area contributed by atoms with Gasteiger partial charge in [0.25, 0.3) is 11.9 Å². The number of hydrogen-bond acceptors (Lipinski definition) is 4. The Bertz CT molecular complexity index is 748. The van der Waals surface area contributed by atoms with Crippen molar-refractivity contribution in [3.8, 4) is 11.5 Å². The molecule has 0 spiro atoms. The highest BCUT2D eigenvalue weighted by molar-refractivity contribution is 6.34. The van der Waals surface area contributed by atoms with Gasteiger partial charge in [-0.15, -0.1) is 0 Å². The van der Waals surface area contributed by atoms with Crippen molar-refractivity contribution >= 4 is 34.3 Å². The standard InChI is InChI=1S/C14H13ClO2.2C2H4O2/c1-2-3-6-10-9-7-4-5-8-11(9)13(16)14(17)12(10)15;2*1-2(3)4/h2-5,7-8,16-17H,6H2,1H3;2*1H3,(H,3,4). The number of allylic oxidation sites excluding steroid dienone is 2. The molecule has 6 nitrogen and oxygen atoms in total. The first-order valence-electron chi connectivity index (χ1n) is 7.24. The lowest BCUT2D eigenvalue weighted by molar-refractivity contribution is -0.135. The van der Waals surface area contributed by atoms with E-state index in [2.05, 4.69) is 0 Å². The molecule has 0 radical (unpaired) electrons. The molecule has 0 saturated carbocycles. The minimum Gasteiger partial charge on any atom is -0.504 e. The molecule has 0 heterocycles. The summed E-state index contributed by atoms with van der Waals surface area (Å²) in [4.78, 5) is 18.0. The van der Waals surface area contributed by atoms with E-state index >= 15 is 0 Å². The van der Waals surface area contributed by atoms with Crippen LogP contribution >= 0.6 is 11.6 Å². The quantitative estimate of drug-likeness (QED) is 0.466. The Balaban J connectivity index is 0.000000609. The number of hydrogen-bond donors (Lipinski definition) is 4. The molecule has 0 unspecified atom stereocenters. The molecular formula is C18H21ClO6. The van der Waals surface area contributed by atoms with Gasteiger partial charge in [-0.2, -0.15) is 0 Å². The zero-order chi connectivity index (χ0) is 19.6. The van der Waals surface area contributed by atoms with Gasteiger partial charge in [-0.1, -0.05) is 48.0 Å². The summed E-state index contributed by atoms with van der Waals surface area (Å²) in [5, 5.41) is 36.2. The number of carbonyl (C=O) groups is 2. The van der Waals surface area contributed by atoms with Crippen LogP contribution in [0.5, 0.6) is 11.5 Å². The maximum absolute atomic E-state index is 9.84. The van der Waals surface area contributed by atoms with Gasteiger partial charge in [0.15, 0.2) is 11.5 Å². The Morgan fingerprint density at radius 2 is 1.44 bits per heavy atom. The van der Waals surface area contributed by atoms with Crippen LogP contribution in [0.3, 0.4) is 0 Å². The Kier molecular flexibility index (Phi) is 9.74. The van der Waals surface area contributed by atoms with Crippen molar-refractivity contribution in [3.05, 3.63) is 47.0 Å². The molecule has 2 aromatic carbocycles. The van der Waals surface area contributed by atoms with Gasteiger partial charge in [0.05, 0.1) is 5.02 Å². The number of phenolic OH excluding ortho intramolecular Hbond substituents is 2. The number of carboxylic acids is 2. The van der Waals surface area contributed by atoms with E-state index in [1.165, 1.54) is 0 Å². The first-order chi connectivity index (χ1) is 11.6. The van der Waals surface area contributed by atoms with Crippen LogP contribution in [-0.2, 0) is 16.0 Å². The van der Waals surface area contributed by atoms with E-state index in [-0.39, 0.29) is 16.5 Å². The van der Waals surface area contributed by atoms with Crippen LogP contribution in [0.1, 0.15) is 26.3 Å². The smallest absolute Gasteiger partial charge is 0.300 e. The molecule has 25 heavy (non-hydrogen) atoms. The third-order valence-corrected chi connectivity index (χ3v) is 3.17. The molecule has 0 fully saturated rings. The fraction of sp³-hybridized carbons (Fsp3) is 0.222. The molecular weight excluding hydrogens is 348 g/mol. The van der Waals surface area contributed by atoms with Gasteiger partial charge in [-0.05, 0) is 24.3 Å². The van der Waals surface area contributed by atoms with E-state index < -0.39 is 11.9 Å². The molecule has 0 bridgehead atoms. The first kappa shape index (κ1) is 22.3. The van der Waals surface area contributed by atoms with Crippen LogP contribution in [0.15, 0.2) is 36.4 Å². The van der Waals surface area contributed by atoms with Gasteiger partial charge in [0.1, 0.15) is 0 Å². The summed E-state index contributed by atoms with van der Waals surface area (Å²) in [6.45, 7) is 4.09. The van der Waals surface area contributed by atoms with Crippen molar-refractivity contribution in [2.24, 2.45) is 0 Å². The van der Waals surface area contributed by atoms with Gasteiger partial charge in [-0.25, -0.2) is 0 Å². The average Bonchev–Trinajstić information content (AvgIpc) is 2.52. The minimum atomic E-state index is -0.833. The summed E-state index contributed by atoms with van der Waals surface area (Å²) in [5.41, 5.74) is 0.829. The Labute approximate surface area is 150 Å². The number of benzene rings is 2. The summed E-state index contributed by atoms with van der Waals surface area (Å²) in [6.07, 6.45) is 4.52. The Morgan fingerprint density at radius 3 is 1.88 bits per heavy atom. The van der Waals surface area contributed by atoms with Crippen LogP contribution in [0.25, 0.3) is 10.8 Å². The lowest BCUT2D eigenvalue weighted by Gasteiger charge is -2.11. The lowest BCUT2D eigenvalue weighted by atomic mass is 10.0. The molecule has 0 aliphatic carbocycles. The summed E-state index contributed by atoms with van der Waals surface area (Å²) < 4.78 is 0. The first-order valence-corrected chi connectivity index (χ1v) is 7.62. The molecule has 0 atom stereocenters. The molecule has 0 aliphatic heterocycles. The number of phenols is 2. The fourth-order valence-electron chi connectivity index (χ4n) is 1.88. The summed E-state index contributed by atoms with van der Waals surface area (Å²) in [5.74, 6) is -2.07. The average molecular weight is 369 g/mol. The zero-order valence-corrected chi connectivity index (χ0v) is 14.9. The van der Waals surface area contributed by atoms with Crippen molar-refractivity contribution in [3.63, 3.8) is 0 Å². The largest absolute Gasteiger partial charge is 0.504 e. The maximum Gasteiger partial charge on any atom is 0.300 e. The molecule has 0 saturated heterocycles. The van der Waals surface area contributed by atoms with E-state index in [9.17, 15) is 10.2 Å². The Hall–Kier alpha value is -2.73. The predicted molar refractivity (Wildman–Crippen MR) is 97.4 cm³/mol. The van der Waals surface area contributed by atoms with Crippen LogP contribution < -0.4 is 0 Å². The van der Waals surface area contributed by atoms with E-state index in [1.54, 1.807) is 6.07 Å². The number of rotatable bonds is 2. The van der Waals surface area contributed by atoms with Crippen LogP contribution in [0.2, 0.25) is 5.02 Å². The number of fused-ring (bicyclic) bond motifs is 1. The van der Waals surface area contributed by atoms with Crippen LogP contribution in [0.4, 0.5) is 0 Å². The second-order valence-electron chi connectivity index (χ2n) is 4.85. The van der Waals surface area contributed by atoms with Crippen molar-refractivity contribution < 1.29 is 30.0 Å². The van der Waals surface area contributed by atoms with Gasteiger partial charge in [-0.3, -0.25) is 9.59 Å².